The van der Waals surface area contributed by atoms with Gasteiger partial charge in [0, 0.05) is 20.2 Å². The van der Waals surface area contributed by atoms with Crippen molar-refractivity contribution in [3.8, 4) is 0 Å². The highest BCUT2D eigenvalue weighted by Gasteiger charge is 2.16. The lowest BCUT2D eigenvalue weighted by molar-refractivity contribution is -0.123. The summed E-state index contributed by atoms with van der Waals surface area (Å²) in [5, 5.41) is 2.75. The molecule has 2 rings (SSSR count). The van der Waals surface area contributed by atoms with Crippen LogP contribution in [0.3, 0.4) is 0 Å². The second kappa shape index (κ2) is 10.9. The van der Waals surface area contributed by atoms with Crippen LogP contribution in [-0.4, -0.2) is 34.1 Å². The molecule has 0 saturated carbocycles. The number of anilines is 1. The molecule has 1 atom stereocenters. The van der Waals surface area contributed by atoms with Crippen LogP contribution in [0.4, 0.5) is 5.69 Å². The maximum atomic E-state index is 12.5. The number of nitrogens with two attached hydrogens (primary N) is 1. The smallest absolute Gasteiger partial charge is 0.261 e. The minimum atomic E-state index is -3.70. The van der Waals surface area contributed by atoms with E-state index in [-0.39, 0.29) is 48.8 Å². The van der Waals surface area contributed by atoms with Crippen LogP contribution in [0, 0.1) is 0 Å². The minimum Gasteiger partial charge on any atom is -0.380 e. The molecule has 0 saturated heterocycles. The fraction of sp³-hybridized carbons (Fsp3) is 0.278. The van der Waals surface area contributed by atoms with E-state index in [4.69, 9.17) is 10.5 Å². The van der Waals surface area contributed by atoms with E-state index in [9.17, 15) is 13.2 Å². The van der Waals surface area contributed by atoms with Crippen LogP contribution in [0.2, 0.25) is 0 Å². The Morgan fingerprint density at radius 2 is 1.74 bits per heavy atom. The Balaban J connectivity index is 0.00000364. The molecule has 7 nitrogen and oxygen atoms in total. The molecular formula is C18H24ClN3O4S. The van der Waals surface area contributed by atoms with E-state index in [0.717, 1.165) is 0 Å². The van der Waals surface area contributed by atoms with Gasteiger partial charge in [-0.3, -0.25) is 9.52 Å². The van der Waals surface area contributed by atoms with Crippen LogP contribution in [0.15, 0.2) is 59.5 Å². The third-order valence-corrected chi connectivity index (χ3v) is 5.18. The quantitative estimate of drug-likeness (QED) is 0.581. The summed E-state index contributed by atoms with van der Waals surface area (Å²) >= 11 is 0. The normalized spacial score (nSPS) is 11.9. The number of halogens is 1. The molecule has 2 aromatic rings. The van der Waals surface area contributed by atoms with Crippen molar-refractivity contribution < 1.29 is 17.9 Å². The van der Waals surface area contributed by atoms with Crippen LogP contribution in [-0.2, 0) is 26.1 Å². The molecule has 0 aromatic heterocycles. The van der Waals surface area contributed by atoms with Crippen molar-refractivity contribution in [2.45, 2.75) is 24.0 Å². The number of amides is 1. The predicted octanol–water partition coefficient (Wildman–Crippen LogP) is 1.89. The highest BCUT2D eigenvalue weighted by atomic mass is 35.5. The Hall–Kier alpha value is -2.13. The lowest BCUT2D eigenvalue weighted by Crippen LogP contribution is -2.32. The van der Waals surface area contributed by atoms with Gasteiger partial charge >= 0.3 is 0 Å². The summed E-state index contributed by atoms with van der Waals surface area (Å²) in [4.78, 5) is 12.1. The van der Waals surface area contributed by atoms with Crippen LogP contribution in [0.5, 0.6) is 0 Å². The zero-order valence-electron chi connectivity index (χ0n) is 14.9. The molecule has 0 fully saturated rings. The monoisotopic (exact) mass is 413 g/mol. The lowest BCUT2D eigenvalue weighted by atomic mass is 10.1. The average molecular weight is 414 g/mol. The number of benzene rings is 2. The number of carbonyl (C=O) groups is 1. The summed E-state index contributed by atoms with van der Waals surface area (Å²) in [6.07, 6.45) is -0.202. The molecule has 0 radical (unpaired) electrons. The van der Waals surface area contributed by atoms with Crippen molar-refractivity contribution in [1.82, 2.24) is 5.32 Å². The highest BCUT2D eigenvalue weighted by Crippen LogP contribution is 2.20. The molecular weight excluding hydrogens is 390 g/mol. The standard InChI is InChI=1S/C18H23N3O4S.ClH/c1-25-15(12-19)11-18(22)20-13-14-7-5-6-10-17(14)21-26(23,24)16-8-3-2-4-9-16;/h2-10,15,21H,11-13,19H2,1H3,(H,20,22);1H. The Bertz CT molecular complexity index is 828. The van der Waals surface area contributed by atoms with Crippen molar-refractivity contribution in [2.24, 2.45) is 5.73 Å². The number of ether oxygens (including phenoxy) is 1. The Morgan fingerprint density at radius 1 is 1.11 bits per heavy atom. The minimum absolute atomic E-state index is 0. The number of para-hydroxylation sites is 1. The van der Waals surface area contributed by atoms with Gasteiger partial charge in [0.15, 0.2) is 0 Å². The van der Waals surface area contributed by atoms with Gasteiger partial charge in [-0.1, -0.05) is 36.4 Å². The molecule has 0 aliphatic rings. The Kier molecular flexibility index (Phi) is 9.23. The molecule has 0 aliphatic heterocycles. The number of nitrogens with one attached hydrogen (secondary N) is 2. The third-order valence-electron chi connectivity index (χ3n) is 3.80. The number of hydrogen-bond donors (Lipinski definition) is 3. The van der Waals surface area contributed by atoms with Crippen molar-refractivity contribution in [1.29, 1.82) is 0 Å². The number of rotatable bonds is 9. The van der Waals surface area contributed by atoms with Crippen LogP contribution in [0.25, 0.3) is 0 Å². The summed E-state index contributed by atoms with van der Waals surface area (Å²) in [5.41, 5.74) is 6.58. The summed E-state index contributed by atoms with van der Waals surface area (Å²) in [7, 11) is -2.20. The first-order valence-corrected chi connectivity index (χ1v) is 9.60. The maximum absolute atomic E-state index is 12.5. The first kappa shape index (κ1) is 22.9. The summed E-state index contributed by atoms with van der Waals surface area (Å²) in [5.74, 6) is -0.219. The van der Waals surface area contributed by atoms with Crippen LogP contribution < -0.4 is 15.8 Å². The molecule has 4 N–H and O–H groups in total. The summed E-state index contributed by atoms with van der Waals surface area (Å²) in [6.45, 7) is 0.435. The van der Waals surface area contributed by atoms with Gasteiger partial charge in [-0.2, -0.15) is 0 Å². The molecule has 2 aromatic carbocycles. The van der Waals surface area contributed by atoms with E-state index >= 15 is 0 Å². The third kappa shape index (κ3) is 6.84. The van der Waals surface area contributed by atoms with Crippen molar-refractivity contribution in [3.63, 3.8) is 0 Å². The number of carbonyl (C=O) groups excluding carboxylic acids is 1. The van der Waals surface area contributed by atoms with Crippen LogP contribution in [0.1, 0.15) is 12.0 Å². The van der Waals surface area contributed by atoms with Gasteiger partial charge in [-0.05, 0) is 23.8 Å². The first-order chi connectivity index (χ1) is 12.5. The van der Waals surface area contributed by atoms with Gasteiger partial charge < -0.3 is 15.8 Å². The molecule has 27 heavy (non-hydrogen) atoms. The van der Waals surface area contributed by atoms with Crippen molar-refractivity contribution in [2.75, 3.05) is 18.4 Å². The number of sulfonamides is 1. The van der Waals surface area contributed by atoms with Gasteiger partial charge in [0.1, 0.15) is 0 Å². The summed E-state index contributed by atoms with van der Waals surface area (Å²) < 4.78 is 32.6. The van der Waals surface area contributed by atoms with E-state index in [1.54, 1.807) is 42.5 Å². The molecule has 1 amide bonds. The van der Waals surface area contributed by atoms with E-state index in [0.29, 0.717) is 11.3 Å². The van der Waals surface area contributed by atoms with Crippen LogP contribution >= 0.6 is 12.4 Å². The van der Waals surface area contributed by atoms with Gasteiger partial charge in [0.05, 0.1) is 23.1 Å². The zero-order valence-corrected chi connectivity index (χ0v) is 16.6. The molecule has 0 spiro atoms. The molecule has 0 aliphatic carbocycles. The van der Waals surface area contributed by atoms with E-state index in [1.807, 2.05) is 0 Å². The first-order valence-electron chi connectivity index (χ1n) is 8.11. The van der Waals surface area contributed by atoms with Gasteiger partial charge in [0.2, 0.25) is 5.91 Å². The fourth-order valence-corrected chi connectivity index (χ4v) is 3.43. The van der Waals surface area contributed by atoms with Gasteiger partial charge in [0.25, 0.3) is 10.0 Å². The SMILES string of the molecule is COC(CN)CC(=O)NCc1ccccc1NS(=O)(=O)c1ccccc1.Cl. The lowest BCUT2D eigenvalue weighted by Gasteiger charge is -2.15. The van der Waals surface area contributed by atoms with E-state index in [1.165, 1.54) is 19.2 Å². The predicted molar refractivity (Wildman–Crippen MR) is 107 cm³/mol. The fourth-order valence-electron chi connectivity index (χ4n) is 2.31. The highest BCUT2D eigenvalue weighted by molar-refractivity contribution is 7.92. The summed E-state index contributed by atoms with van der Waals surface area (Å²) in [6, 6.07) is 15.0. The Morgan fingerprint density at radius 3 is 2.37 bits per heavy atom. The second-order valence-electron chi connectivity index (χ2n) is 5.65. The molecule has 0 bridgehead atoms. The Labute approximate surface area is 165 Å². The van der Waals surface area contributed by atoms with E-state index < -0.39 is 10.0 Å². The van der Waals surface area contributed by atoms with Crippen molar-refractivity contribution >= 4 is 34.0 Å². The zero-order chi connectivity index (χ0) is 19.0. The topological polar surface area (TPSA) is 111 Å². The second-order valence-corrected chi connectivity index (χ2v) is 7.33. The largest absolute Gasteiger partial charge is 0.380 e. The van der Waals surface area contributed by atoms with Gasteiger partial charge in [-0.25, -0.2) is 8.42 Å². The van der Waals surface area contributed by atoms with Gasteiger partial charge in [-0.15, -0.1) is 12.4 Å². The maximum Gasteiger partial charge on any atom is 0.261 e. The molecule has 0 heterocycles. The average Bonchev–Trinajstić information content (AvgIpc) is 2.66. The van der Waals surface area contributed by atoms with E-state index in [2.05, 4.69) is 10.0 Å². The molecule has 9 heteroatoms. The number of hydrogen-bond acceptors (Lipinski definition) is 5. The molecule has 148 valence electrons. The van der Waals surface area contributed by atoms with Crippen molar-refractivity contribution in [3.05, 3.63) is 60.2 Å². The molecule has 1 unspecified atom stereocenters. The number of methoxy groups -OCH3 is 1.